The van der Waals surface area contributed by atoms with Crippen LogP contribution in [-0.2, 0) is 9.59 Å². The van der Waals surface area contributed by atoms with Crippen LogP contribution in [0.4, 0.5) is 5.69 Å². The van der Waals surface area contributed by atoms with Crippen molar-refractivity contribution in [3.8, 4) is 0 Å². The van der Waals surface area contributed by atoms with Gasteiger partial charge in [0.25, 0.3) is 0 Å². The van der Waals surface area contributed by atoms with Crippen LogP contribution in [0.15, 0.2) is 41.6 Å². The van der Waals surface area contributed by atoms with E-state index in [2.05, 4.69) is 0 Å². The van der Waals surface area contributed by atoms with Gasteiger partial charge in [-0.05, 0) is 11.6 Å². The molecule has 0 saturated heterocycles. The Balaban J connectivity index is 2.33. The number of likely N-dealkylation sites (N-methyl/N-ethyl adjacent to an activating group) is 1. The number of carboxylic acids is 1. The smallest absolute Gasteiger partial charge is 0.336 e. The lowest BCUT2D eigenvalue weighted by Gasteiger charge is -2.34. The van der Waals surface area contributed by atoms with Crippen molar-refractivity contribution in [1.29, 1.82) is 0 Å². The highest BCUT2D eigenvalue weighted by molar-refractivity contribution is 6.21. The normalized spacial score (nSPS) is 17.8. The quantitative estimate of drug-likeness (QED) is 0.836. The van der Waals surface area contributed by atoms with Crippen molar-refractivity contribution in [3.63, 3.8) is 0 Å². The lowest BCUT2D eigenvalue weighted by atomic mass is 9.85. The Bertz CT molecular complexity index is 655. The van der Waals surface area contributed by atoms with Gasteiger partial charge in [0.05, 0.1) is 5.57 Å². The Morgan fingerprint density at radius 3 is 2.79 bits per heavy atom. The van der Waals surface area contributed by atoms with Gasteiger partial charge in [-0.3, -0.25) is 4.79 Å². The predicted octanol–water partition coefficient (Wildman–Crippen LogP) is 2.22. The van der Waals surface area contributed by atoms with Crippen LogP contribution in [-0.4, -0.2) is 23.9 Å². The summed E-state index contributed by atoms with van der Waals surface area (Å²) in [7, 11) is 1.90. The lowest BCUT2D eigenvalue weighted by molar-refractivity contribution is -0.130. The van der Waals surface area contributed by atoms with Crippen molar-refractivity contribution in [2.24, 2.45) is 0 Å². The van der Waals surface area contributed by atoms with Crippen molar-refractivity contribution < 1.29 is 14.7 Å². The molecule has 1 aliphatic heterocycles. The Kier molecular flexibility index (Phi) is 2.52. The number of carbonyl (C=O) groups is 2. The SMILES string of the molecule is CN1C2=CCC(=O)CC2=C(C(=O)O)c2ccccc21. The third kappa shape index (κ3) is 1.68. The van der Waals surface area contributed by atoms with E-state index in [-0.39, 0.29) is 17.8 Å². The molecular weight excluding hydrogens is 242 g/mol. The van der Waals surface area contributed by atoms with Crippen molar-refractivity contribution in [1.82, 2.24) is 0 Å². The fourth-order valence-corrected chi connectivity index (χ4v) is 2.76. The van der Waals surface area contributed by atoms with Gasteiger partial charge in [-0.2, -0.15) is 0 Å². The minimum atomic E-state index is -0.976. The minimum absolute atomic E-state index is 0.0604. The van der Waals surface area contributed by atoms with Crippen LogP contribution >= 0.6 is 0 Å². The molecule has 0 saturated carbocycles. The first kappa shape index (κ1) is 11.7. The molecule has 0 unspecified atom stereocenters. The van der Waals surface area contributed by atoms with Gasteiger partial charge in [0.15, 0.2) is 0 Å². The first-order chi connectivity index (χ1) is 9.09. The van der Waals surface area contributed by atoms with Gasteiger partial charge >= 0.3 is 5.97 Å². The van der Waals surface area contributed by atoms with Crippen molar-refractivity contribution in [2.45, 2.75) is 12.8 Å². The third-order valence-corrected chi connectivity index (χ3v) is 3.62. The van der Waals surface area contributed by atoms with Gasteiger partial charge in [0.2, 0.25) is 0 Å². The average molecular weight is 255 g/mol. The highest BCUT2D eigenvalue weighted by atomic mass is 16.4. The van der Waals surface area contributed by atoms with Gasteiger partial charge < -0.3 is 10.0 Å². The zero-order valence-corrected chi connectivity index (χ0v) is 10.5. The number of carboxylic acid groups (broad SMARTS) is 1. The number of hydrogen-bond donors (Lipinski definition) is 1. The Hall–Kier alpha value is -2.36. The van der Waals surface area contributed by atoms with Gasteiger partial charge in [-0.25, -0.2) is 4.79 Å². The van der Waals surface area contributed by atoms with Gasteiger partial charge in [-0.15, -0.1) is 0 Å². The number of Topliss-reactive ketones (excluding diaryl/α,β-unsaturated/α-hetero) is 1. The summed E-state index contributed by atoms with van der Waals surface area (Å²) in [6, 6.07) is 7.38. The average Bonchev–Trinajstić information content (AvgIpc) is 2.38. The molecule has 1 aromatic carbocycles. The number of carbonyl (C=O) groups excluding carboxylic acids is 1. The molecule has 4 heteroatoms. The molecule has 1 aromatic rings. The van der Waals surface area contributed by atoms with E-state index in [1.165, 1.54) is 0 Å². The highest BCUT2D eigenvalue weighted by Gasteiger charge is 2.32. The maximum absolute atomic E-state index is 11.6. The Morgan fingerprint density at radius 2 is 2.05 bits per heavy atom. The molecule has 0 spiro atoms. The van der Waals surface area contributed by atoms with E-state index in [9.17, 15) is 14.7 Å². The number of allylic oxidation sites excluding steroid dienone is 2. The molecule has 2 aliphatic rings. The summed E-state index contributed by atoms with van der Waals surface area (Å²) in [5.74, 6) is -0.915. The van der Waals surface area contributed by atoms with Crippen LogP contribution in [0.2, 0.25) is 0 Å². The number of hydrogen-bond acceptors (Lipinski definition) is 3. The zero-order chi connectivity index (χ0) is 13.6. The van der Waals surface area contributed by atoms with Crippen LogP contribution in [0.5, 0.6) is 0 Å². The summed E-state index contributed by atoms with van der Waals surface area (Å²) in [4.78, 5) is 25.1. The molecule has 19 heavy (non-hydrogen) atoms. The van der Waals surface area contributed by atoms with Crippen LogP contribution in [0.25, 0.3) is 5.57 Å². The molecule has 0 atom stereocenters. The molecule has 1 aliphatic carbocycles. The number of benzene rings is 1. The number of para-hydroxylation sites is 1. The largest absolute Gasteiger partial charge is 0.478 e. The number of ketones is 1. The molecule has 1 N–H and O–H groups in total. The molecule has 0 bridgehead atoms. The molecular formula is C15H13NO3. The van der Waals surface area contributed by atoms with Crippen LogP contribution in [0.3, 0.4) is 0 Å². The molecule has 96 valence electrons. The summed E-state index contributed by atoms with van der Waals surface area (Å²) >= 11 is 0. The third-order valence-electron chi connectivity index (χ3n) is 3.62. The second-order valence-corrected chi connectivity index (χ2v) is 4.74. The highest BCUT2D eigenvalue weighted by Crippen LogP contribution is 2.42. The van der Waals surface area contributed by atoms with Gasteiger partial charge in [-0.1, -0.05) is 24.3 Å². The summed E-state index contributed by atoms with van der Waals surface area (Å²) in [5.41, 5.74) is 3.28. The van der Waals surface area contributed by atoms with E-state index >= 15 is 0 Å². The van der Waals surface area contributed by atoms with Crippen molar-refractivity contribution >= 4 is 23.0 Å². The second kappa shape index (κ2) is 4.09. The van der Waals surface area contributed by atoms with E-state index < -0.39 is 5.97 Å². The Labute approximate surface area is 110 Å². The van der Waals surface area contributed by atoms with Crippen LogP contribution in [0, 0.1) is 0 Å². The summed E-state index contributed by atoms with van der Waals surface area (Å²) in [6.45, 7) is 0. The first-order valence-electron chi connectivity index (χ1n) is 6.11. The van der Waals surface area contributed by atoms with Gasteiger partial charge in [0.1, 0.15) is 5.78 Å². The summed E-state index contributed by atoms with van der Waals surface area (Å²) < 4.78 is 0. The van der Waals surface area contributed by atoms with Gasteiger partial charge in [0, 0.05) is 36.8 Å². The molecule has 4 nitrogen and oxygen atoms in total. The van der Waals surface area contributed by atoms with Crippen molar-refractivity contribution in [2.75, 3.05) is 11.9 Å². The number of aliphatic carboxylic acids is 1. The molecule has 0 radical (unpaired) electrons. The standard InChI is InChI=1S/C15H13NO3/c1-16-12-5-3-2-4-10(12)14(15(18)19)11-8-9(17)6-7-13(11)16/h2-5,7H,6,8H2,1H3,(H,18,19). The fourth-order valence-electron chi connectivity index (χ4n) is 2.76. The van der Waals surface area contributed by atoms with Crippen molar-refractivity contribution in [3.05, 3.63) is 47.2 Å². The maximum atomic E-state index is 11.6. The minimum Gasteiger partial charge on any atom is -0.478 e. The van der Waals surface area contributed by atoms with E-state index in [1.54, 1.807) is 6.07 Å². The first-order valence-corrected chi connectivity index (χ1v) is 6.11. The number of nitrogens with zero attached hydrogens (tertiary/aromatic N) is 1. The second-order valence-electron chi connectivity index (χ2n) is 4.74. The number of rotatable bonds is 1. The lowest BCUT2D eigenvalue weighted by Crippen LogP contribution is -2.29. The molecule has 0 fully saturated rings. The number of anilines is 1. The zero-order valence-electron chi connectivity index (χ0n) is 10.5. The molecule has 3 rings (SSSR count). The summed E-state index contributed by atoms with van der Waals surface area (Å²) in [5, 5.41) is 9.48. The topological polar surface area (TPSA) is 57.6 Å². The predicted molar refractivity (Wildman–Crippen MR) is 71.7 cm³/mol. The monoisotopic (exact) mass is 255 g/mol. The number of fused-ring (bicyclic) bond motifs is 2. The molecule has 0 amide bonds. The Morgan fingerprint density at radius 1 is 1.32 bits per heavy atom. The van der Waals surface area contributed by atoms with E-state index in [1.807, 2.05) is 36.2 Å². The summed E-state index contributed by atoms with van der Waals surface area (Å²) in [6.07, 6.45) is 2.39. The van der Waals surface area contributed by atoms with Crippen LogP contribution < -0.4 is 4.90 Å². The molecule has 0 aromatic heterocycles. The van der Waals surface area contributed by atoms with E-state index in [0.29, 0.717) is 17.6 Å². The molecule has 1 heterocycles. The fraction of sp³-hybridized carbons (Fsp3) is 0.200. The maximum Gasteiger partial charge on any atom is 0.336 e. The van der Waals surface area contributed by atoms with Crippen LogP contribution in [0.1, 0.15) is 18.4 Å². The van der Waals surface area contributed by atoms with E-state index in [0.717, 1.165) is 11.4 Å². The van der Waals surface area contributed by atoms with E-state index in [4.69, 9.17) is 0 Å².